The molecule has 0 aliphatic heterocycles. The Bertz CT molecular complexity index is 688. The number of phenols is 1. The molecule has 20 heavy (non-hydrogen) atoms. The first-order valence-electron chi connectivity index (χ1n) is 5.78. The van der Waals surface area contributed by atoms with Crippen molar-refractivity contribution in [1.29, 1.82) is 5.26 Å². The number of nitriles is 1. The zero-order valence-corrected chi connectivity index (χ0v) is 13.5. The maximum absolute atomic E-state index is 9.92. The van der Waals surface area contributed by atoms with E-state index in [4.69, 9.17) is 5.26 Å². The van der Waals surface area contributed by atoms with Crippen LogP contribution in [0.25, 0.3) is 0 Å². The molecule has 2 aromatic rings. The average Bonchev–Trinajstić information content (AvgIpc) is 2.43. The van der Waals surface area contributed by atoms with Crippen molar-refractivity contribution in [1.82, 2.24) is 0 Å². The molecular formula is C15H10Br2N2O. The van der Waals surface area contributed by atoms with Gasteiger partial charge in [0.15, 0.2) is 0 Å². The molecule has 0 aromatic heterocycles. The van der Waals surface area contributed by atoms with Gasteiger partial charge in [-0.1, -0.05) is 28.1 Å². The van der Waals surface area contributed by atoms with Gasteiger partial charge in [-0.2, -0.15) is 5.26 Å². The van der Waals surface area contributed by atoms with Gasteiger partial charge in [-0.3, -0.25) is 4.99 Å². The summed E-state index contributed by atoms with van der Waals surface area (Å²) in [6.45, 7) is 0. The Hall–Kier alpha value is -1.64. The zero-order valence-electron chi connectivity index (χ0n) is 10.3. The van der Waals surface area contributed by atoms with Gasteiger partial charge in [0.1, 0.15) is 5.75 Å². The number of rotatable bonds is 3. The molecule has 3 nitrogen and oxygen atoms in total. The number of aliphatic imine (C=N–C) groups is 1. The summed E-state index contributed by atoms with van der Waals surface area (Å²) < 4.78 is 1.46. The van der Waals surface area contributed by atoms with Gasteiger partial charge in [0.2, 0.25) is 0 Å². The second kappa shape index (κ2) is 6.69. The molecule has 100 valence electrons. The lowest BCUT2D eigenvalue weighted by atomic mass is 10.1. The van der Waals surface area contributed by atoms with Crippen molar-refractivity contribution in [2.75, 3.05) is 0 Å². The van der Waals surface area contributed by atoms with Gasteiger partial charge in [0.25, 0.3) is 0 Å². The lowest BCUT2D eigenvalue weighted by molar-refractivity contribution is 0.471. The second-order valence-electron chi connectivity index (χ2n) is 4.08. The van der Waals surface area contributed by atoms with E-state index in [9.17, 15) is 5.11 Å². The Labute approximate surface area is 133 Å². The third kappa shape index (κ3) is 3.69. The van der Waals surface area contributed by atoms with E-state index in [-0.39, 0.29) is 5.75 Å². The van der Waals surface area contributed by atoms with Crippen LogP contribution in [0.4, 0.5) is 5.69 Å². The number of hydrogen-bond donors (Lipinski definition) is 1. The number of hydrogen-bond acceptors (Lipinski definition) is 3. The lowest BCUT2D eigenvalue weighted by Crippen LogP contribution is -1.84. The van der Waals surface area contributed by atoms with Crippen LogP contribution >= 0.6 is 31.9 Å². The summed E-state index contributed by atoms with van der Waals surface area (Å²) in [4.78, 5) is 4.31. The Morgan fingerprint density at radius 2 is 1.90 bits per heavy atom. The Morgan fingerprint density at radius 3 is 2.55 bits per heavy atom. The molecule has 0 saturated heterocycles. The third-order valence-corrected chi connectivity index (χ3v) is 3.69. The lowest BCUT2D eigenvalue weighted by Gasteiger charge is -2.03. The van der Waals surface area contributed by atoms with E-state index in [0.717, 1.165) is 15.7 Å². The highest BCUT2D eigenvalue weighted by Gasteiger charge is 2.05. The van der Waals surface area contributed by atoms with E-state index >= 15 is 0 Å². The van der Waals surface area contributed by atoms with Gasteiger partial charge in [0, 0.05) is 16.3 Å². The molecule has 1 N–H and O–H groups in total. The third-order valence-electron chi connectivity index (χ3n) is 2.63. The number of halogens is 2. The molecule has 0 bridgehead atoms. The second-order valence-corrected chi connectivity index (χ2v) is 5.85. The summed E-state index contributed by atoms with van der Waals surface area (Å²) in [7, 11) is 0. The molecule has 2 rings (SSSR count). The average molecular weight is 394 g/mol. The van der Waals surface area contributed by atoms with Crippen molar-refractivity contribution in [3.63, 3.8) is 0 Å². The first kappa shape index (κ1) is 14.8. The monoisotopic (exact) mass is 392 g/mol. The van der Waals surface area contributed by atoms with E-state index in [2.05, 4.69) is 42.9 Å². The van der Waals surface area contributed by atoms with E-state index < -0.39 is 0 Å². The maximum Gasteiger partial charge on any atom is 0.138 e. The Balaban J connectivity index is 2.23. The van der Waals surface area contributed by atoms with Gasteiger partial charge in [0.05, 0.1) is 22.7 Å². The smallest absolute Gasteiger partial charge is 0.138 e. The van der Waals surface area contributed by atoms with Crippen LogP contribution in [0, 0.1) is 11.3 Å². The van der Waals surface area contributed by atoms with Crippen LogP contribution in [-0.2, 0) is 6.42 Å². The number of nitrogens with zero attached hydrogens (tertiary/aromatic N) is 2. The molecule has 0 amide bonds. The molecule has 0 saturated carbocycles. The largest absolute Gasteiger partial charge is 0.506 e. The summed E-state index contributed by atoms with van der Waals surface area (Å²) in [6, 6.07) is 13.1. The van der Waals surface area contributed by atoms with Crippen molar-refractivity contribution in [3.8, 4) is 11.8 Å². The van der Waals surface area contributed by atoms with Crippen LogP contribution in [0.15, 0.2) is 50.3 Å². The molecule has 0 radical (unpaired) electrons. The van der Waals surface area contributed by atoms with Gasteiger partial charge in [-0.05, 0) is 45.8 Å². The highest BCUT2D eigenvalue weighted by molar-refractivity contribution is 9.11. The minimum absolute atomic E-state index is 0.151. The standard InChI is InChI=1S/C15H10Br2N2O/c16-12-7-11(15(20)14(17)8-12)9-19-13-3-1-10(2-4-13)5-6-18/h1-4,7-9,20H,5H2/b19-9+. The molecule has 0 unspecified atom stereocenters. The molecule has 0 heterocycles. The normalized spacial score (nSPS) is 10.7. The van der Waals surface area contributed by atoms with Gasteiger partial charge in [-0.15, -0.1) is 0 Å². The molecule has 0 aliphatic carbocycles. The number of aromatic hydroxyl groups is 1. The molecule has 0 spiro atoms. The molecular weight excluding hydrogens is 384 g/mol. The Morgan fingerprint density at radius 1 is 1.20 bits per heavy atom. The van der Waals surface area contributed by atoms with E-state index in [0.29, 0.717) is 16.5 Å². The van der Waals surface area contributed by atoms with Gasteiger partial charge >= 0.3 is 0 Å². The predicted molar refractivity (Wildman–Crippen MR) is 86.5 cm³/mol. The van der Waals surface area contributed by atoms with E-state index in [1.807, 2.05) is 24.3 Å². The molecule has 0 aliphatic rings. The number of benzene rings is 2. The fraction of sp³-hybridized carbons (Fsp3) is 0.0667. The molecule has 0 atom stereocenters. The van der Waals surface area contributed by atoms with Crippen LogP contribution in [-0.4, -0.2) is 11.3 Å². The summed E-state index contributed by atoms with van der Waals surface area (Å²) in [5.41, 5.74) is 2.34. The SMILES string of the molecule is N#CCc1ccc(/N=C/c2cc(Br)cc(Br)c2O)cc1. The first-order chi connectivity index (χ1) is 9.60. The zero-order chi connectivity index (χ0) is 14.5. The molecule has 2 aromatic carbocycles. The van der Waals surface area contributed by atoms with Crippen molar-refractivity contribution in [2.45, 2.75) is 6.42 Å². The van der Waals surface area contributed by atoms with Crippen molar-refractivity contribution < 1.29 is 5.11 Å². The Kier molecular flexibility index (Phi) is 4.94. The van der Waals surface area contributed by atoms with Gasteiger partial charge < -0.3 is 5.11 Å². The molecule has 5 heteroatoms. The van der Waals surface area contributed by atoms with Crippen molar-refractivity contribution >= 4 is 43.8 Å². The fourth-order valence-electron chi connectivity index (χ4n) is 1.62. The minimum Gasteiger partial charge on any atom is -0.506 e. The summed E-state index contributed by atoms with van der Waals surface area (Å²) in [5.74, 6) is 0.151. The highest BCUT2D eigenvalue weighted by atomic mass is 79.9. The topological polar surface area (TPSA) is 56.4 Å². The predicted octanol–water partition coefficient (Wildman–Crippen LogP) is 4.73. The fourth-order valence-corrected chi connectivity index (χ4v) is 2.88. The van der Waals surface area contributed by atoms with E-state index in [1.165, 1.54) is 0 Å². The summed E-state index contributed by atoms with van der Waals surface area (Å²) >= 11 is 6.64. The van der Waals surface area contributed by atoms with Gasteiger partial charge in [-0.25, -0.2) is 0 Å². The van der Waals surface area contributed by atoms with Crippen LogP contribution in [0.5, 0.6) is 5.75 Å². The minimum atomic E-state index is 0.151. The van der Waals surface area contributed by atoms with Crippen LogP contribution in [0.3, 0.4) is 0 Å². The maximum atomic E-state index is 9.92. The van der Waals surface area contributed by atoms with E-state index in [1.54, 1.807) is 18.3 Å². The summed E-state index contributed by atoms with van der Waals surface area (Å²) in [6.07, 6.45) is 1.99. The van der Waals surface area contributed by atoms with Crippen molar-refractivity contribution in [3.05, 3.63) is 56.5 Å². The first-order valence-corrected chi connectivity index (χ1v) is 7.36. The quantitative estimate of drug-likeness (QED) is 0.766. The van der Waals surface area contributed by atoms with Crippen molar-refractivity contribution in [2.24, 2.45) is 4.99 Å². The van der Waals surface area contributed by atoms with Crippen LogP contribution in [0.2, 0.25) is 0 Å². The highest BCUT2D eigenvalue weighted by Crippen LogP contribution is 2.31. The summed E-state index contributed by atoms with van der Waals surface area (Å²) in [5, 5.41) is 18.5. The number of phenolic OH excluding ortho intramolecular Hbond substituents is 1. The van der Waals surface area contributed by atoms with Crippen LogP contribution in [0.1, 0.15) is 11.1 Å². The van der Waals surface area contributed by atoms with Crippen LogP contribution < -0.4 is 0 Å². The molecule has 0 fully saturated rings.